The fourth-order valence-electron chi connectivity index (χ4n) is 3.37. The molecule has 6 nitrogen and oxygen atoms in total. The van der Waals surface area contributed by atoms with Crippen LogP contribution in [-0.2, 0) is 11.2 Å². The molecule has 0 saturated carbocycles. The van der Waals surface area contributed by atoms with Crippen LogP contribution in [0.2, 0.25) is 0 Å². The summed E-state index contributed by atoms with van der Waals surface area (Å²) in [6.07, 6.45) is 1.35. The molecule has 2 aromatic carbocycles. The minimum Gasteiger partial charge on any atom is -0.496 e. The number of amides is 1. The van der Waals surface area contributed by atoms with Gasteiger partial charge in [0.25, 0.3) is 5.89 Å². The van der Waals surface area contributed by atoms with Gasteiger partial charge in [-0.15, -0.1) is 0 Å². The first-order valence-electron chi connectivity index (χ1n) is 9.06. The van der Waals surface area contributed by atoms with E-state index < -0.39 is 0 Å². The van der Waals surface area contributed by atoms with E-state index >= 15 is 0 Å². The first-order valence-corrected chi connectivity index (χ1v) is 9.06. The van der Waals surface area contributed by atoms with Gasteiger partial charge in [0.1, 0.15) is 5.75 Å². The number of hydrogen-bond donors (Lipinski definition) is 0. The van der Waals surface area contributed by atoms with E-state index in [-0.39, 0.29) is 11.8 Å². The van der Waals surface area contributed by atoms with Gasteiger partial charge in [-0.3, -0.25) is 4.79 Å². The summed E-state index contributed by atoms with van der Waals surface area (Å²) in [4.78, 5) is 18.8. The molecule has 0 aliphatic carbocycles. The standard InChI is InChI=1S/C21H21N3O3/c1-3-14-8-10-16(11-9-14)24-13-15(12-19(24)25)20-22-21(27-23-20)17-6-4-5-7-18(17)26-2/h4-11,15H,3,12-13H2,1-2H3/t15-/m1/s1. The SMILES string of the molecule is CCc1ccc(N2C[C@H](c3noc(-c4ccccc4OC)n3)CC2=O)cc1. The summed E-state index contributed by atoms with van der Waals surface area (Å²) >= 11 is 0. The average Bonchev–Trinajstić information content (AvgIpc) is 3.35. The van der Waals surface area contributed by atoms with Crippen molar-refractivity contribution in [3.63, 3.8) is 0 Å². The van der Waals surface area contributed by atoms with Crippen LogP contribution in [0, 0.1) is 0 Å². The Labute approximate surface area is 157 Å². The second-order valence-corrected chi connectivity index (χ2v) is 6.58. The molecule has 1 fully saturated rings. The maximum atomic E-state index is 12.5. The lowest BCUT2D eigenvalue weighted by Gasteiger charge is -2.16. The van der Waals surface area contributed by atoms with Crippen LogP contribution >= 0.6 is 0 Å². The van der Waals surface area contributed by atoms with E-state index in [1.165, 1.54) is 5.56 Å². The predicted molar refractivity (Wildman–Crippen MR) is 102 cm³/mol. The highest BCUT2D eigenvalue weighted by atomic mass is 16.5. The zero-order valence-corrected chi connectivity index (χ0v) is 15.4. The number of aromatic nitrogens is 2. The summed E-state index contributed by atoms with van der Waals surface area (Å²) in [5.74, 6) is 1.62. The van der Waals surface area contributed by atoms with Crippen LogP contribution in [0.4, 0.5) is 5.69 Å². The number of carbonyl (C=O) groups excluding carboxylic acids is 1. The maximum Gasteiger partial charge on any atom is 0.261 e. The molecule has 27 heavy (non-hydrogen) atoms. The van der Waals surface area contributed by atoms with Crippen molar-refractivity contribution in [3.8, 4) is 17.2 Å². The van der Waals surface area contributed by atoms with E-state index in [1.54, 1.807) is 12.0 Å². The largest absolute Gasteiger partial charge is 0.496 e. The minimum absolute atomic E-state index is 0.0768. The molecule has 3 aromatic rings. The Morgan fingerprint density at radius 3 is 2.70 bits per heavy atom. The number of para-hydroxylation sites is 1. The van der Waals surface area contributed by atoms with E-state index in [0.717, 1.165) is 17.7 Å². The predicted octanol–water partition coefficient (Wildman–Crippen LogP) is 3.83. The average molecular weight is 363 g/mol. The third kappa shape index (κ3) is 3.30. The molecule has 0 spiro atoms. The number of carbonyl (C=O) groups is 1. The van der Waals surface area contributed by atoms with Crippen molar-refractivity contribution in [1.82, 2.24) is 10.1 Å². The van der Waals surface area contributed by atoms with Gasteiger partial charge in [-0.1, -0.05) is 36.3 Å². The van der Waals surface area contributed by atoms with Crippen molar-refractivity contribution in [3.05, 3.63) is 59.9 Å². The van der Waals surface area contributed by atoms with E-state index in [4.69, 9.17) is 9.26 Å². The van der Waals surface area contributed by atoms with Crippen molar-refractivity contribution >= 4 is 11.6 Å². The van der Waals surface area contributed by atoms with Gasteiger partial charge in [-0.25, -0.2) is 0 Å². The third-order valence-electron chi connectivity index (χ3n) is 4.93. The molecule has 1 amide bonds. The van der Waals surface area contributed by atoms with Crippen LogP contribution in [0.3, 0.4) is 0 Å². The Morgan fingerprint density at radius 1 is 1.19 bits per heavy atom. The Kier molecular flexibility index (Phi) is 4.62. The number of rotatable bonds is 5. The Hall–Kier alpha value is -3.15. The number of aryl methyl sites for hydroxylation is 1. The molecule has 1 aliphatic heterocycles. The van der Waals surface area contributed by atoms with Gasteiger partial charge in [0.2, 0.25) is 5.91 Å². The molecule has 138 valence electrons. The van der Waals surface area contributed by atoms with E-state index in [0.29, 0.717) is 30.4 Å². The van der Waals surface area contributed by atoms with E-state index in [1.807, 2.05) is 36.4 Å². The van der Waals surface area contributed by atoms with Gasteiger partial charge in [0.05, 0.1) is 12.7 Å². The molecule has 4 rings (SSSR count). The Balaban J connectivity index is 1.55. The van der Waals surface area contributed by atoms with Crippen LogP contribution < -0.4 is 9.64 Å². The summed E-state index contributed by atoms with van der Waals surface area (Å²) in [6.45, 7) is 2.66. The summed E-state index contributed by atoms with van der Waals surface area (Å²) in [6, 6.07) is 15.6. The second-order valence-electron chi connectivity index (χ2n) is 6.58. The highest BCUT2D eigenvalue weighted by Gasteiger charge is 2.34. The monoisotopic (exact) mass is 363 g/mol. The van der Waals surface area contributed by atoms with Gasteiger partial charge in [-0.05, 0) is 36.2 Å². The van der Waals surface area contributed by atoms with Crippen LogP contribution in [0.25, 0.3) is 11.5 Å². The molecule has 2 heterocycles. The Bertz CT molecular complexity index is 949. The quantitative estimate of drug-likeness (QED) is 0.689. The van der Waals surface area contributed by atoms with Crippen molar-refractivity contribution < 1.29 is 14.1 Å². The van der Waals surface area contributed by atoms with Gasteiger partial charge >= 0.3 is 0 Å². The zero-order valence-electron chi connectivity index (χ0n) is 15.4. The Morgan fingerprint density at radius 2 is 1.96 bits per heavy atom. The molecule has 1 aliphatic rings. The number of hydrogen-bond acceptors (Lipinski definition) is 5. The van der Waals surface area contributed by atoms with Crippen LogP contribution in [0.15, 0.2) is 53.1 Å². The van der Waals surface area contributed by atoms with Crippen LogP contribution in [0.1, 0.15) is 30.7 Å². The van der Waals surface area contributed by atoms with Crippen molar-refractivity contribution in [1.29, 1.82) is 0 Å². The van der Waals surface area contributed by atoms with Crippen LogP contribution in [-0.4, -0.2) is 29.7 Å². The molecule has 0 radical (unpaired) electrons. The summed E-state index contributed by atoms with van der Waals surface area (Å²) in [5.41, 5.74) is 2.91. The number of ether oxygens (including phenoxy) is 1. The fourth-order valence-corrected chi connectivity index (χ4v) is 3.37. The fraction of sp³-hybridized carbons (Fsp3) is 0.286. The first kappa shape index (κ1) is 17.3. The lowest BCUT2D eigenvalue weighted by atomic mass is 10.1. The number of methoxy groups -OCH3 is 1. The van der Waals surface area contributed by atoms with Crippen molar-refractivity contribution in [2.75, 3.05) is 18.6 Å². The highest BCUT2D eigenvalue weighted by Crippen LogP contribution is 2.33. The number of anilines is 1. The molecular formula is C21H21N3O3. The van der Waals surface area contributed by atoms with Gasteiger partial charge < -0.3 is 14.2 Å². The molecule has 0 N–H and O–H groups in total. The van der Waals surface area contributed by atoms with Gasteiger partial charge in [0, 0.05) is 24.6 Å². The van der Waals surface area contributed by atoms with Crippen molar-refractivity contribution in [2.24, 2.45) is 0 Å². The molecule has 6 heteroatoms. The summed E-state index contributed by atoms with van der Waals surface area (Å²) < 4.78 is 10.8. The van der Waals surface area contributed by atoms with Gasteiger partial charge in [0.15, 0.2) is 5.82 Å². The number of nitrogens with zero attached hydrogens (tertiary/aromatic N) is 3. The van der Waals surface area contributed by atoms with Gasteiger partial charge in [-0.2, -0.15) is 4.98 Å². The van der Waals surface area contributed by atoms with Crippen molar-refractivity contribution in [2.45, 2.75) is 25.7 Å². The summed E-state index contributed by atoms with van der Waals surface area (Å²) in [7, 11) is 1.60. The first-order chi connectivity index (χ1) is 13.2. The minimum atomic E-state index is -0.0874. The zero-order chi connectivity index (χ0) is 18.8. The molecule has 1 atom stereocenters. The molecule has 0 bridgehead atoms. The topological polar surface area (TPSA) is 68.5 Å². The second kappa shape index (κ2) is 7.23. The third-order valence-corrected chi connectivity index (χ3v) is 4.93. The lowest BCUT2D eigenvalue weighted by Crippen LogP contribution is -2.24. The van der Waals surface area contributed by atoms with E-state index in [9.17, 15) is 4.79 Å². The normalized spacial score (nSPS) is 16.7. The van der Waals surface area contributed by atoms with E-state index in [2.05, 4.69) is 29.2 Å². The molecule has 1 saturated heterocycles. The molecule has 0 unspecified atom stereocenters. The van der Waals surface area contributed by atoms with Crippen LogP contribution in [0.5, 0.6) is 5.75 Å². The lowest BCUT2D eigenvalue weighted by molar-refractivity contribution is -0.117. The molecule has 1 aromatic heterocycles. The highest BCUT2D eigenvalue weighted by molar-refractivity contribution is 5.96. The molecular weight excluding hydrogens is 342 g/mol. The smallest absolute Gasteiger partial charge is 0.261 e. The maximum absolute atomic E-state index is 12.5. The number of benzene rings is 2. The summed E-state index contributed by atoms with van der Waals surface area (Å²) in [5, 5.41) is 4.12.